The molecule has 7 heteroatoms. The number of hydrogen-bond donors (Lipinski definition) is 2. The number of carbonyl (C=O) groups is 2. The van der Waals surface area contributed by atoms with Crippen LogP contribution in [0.25, 0.3) is 0 Å². The highest BCUT2D eigenvalue weighted by Crippen LogP contribution is 2.24. The first kappa shape index (κ1) is 21.2. The number of morpholine rings is 1. The molecule has 0 spiro atoms. The maximum absolute atomic E-state index is 13.3. The van der Waals surface area contributed by atoms with Gasteiger partial charge in [0.25, 0.3) is 5.91 Å². The number of ether oxygens (including phenoxy) is 1. The second-order valence-corrected chi connectivity index (χ2v) is 7.57. The second kappa shape index (κ2) is 9.33. The van der Waals surface area contributed by atoms with E-state index >= 15 is 0 Å². The van der Waals surface area contributed by atoms with E-state index in [1.807, 2.05) is 18.4 Å². The lowest BCUT2D eigenvalue weighted by atomic mass is 10.1. The quantitative estimate of drug-likeness (QED) is 0.683. The predicted molar refractivity (Wildman–Crippen MR) is 108 cm³/mol. The van der Waals surface area contributed by atoms with Crippen molar-refractivity contribution in [2.24, 2.45) is 0 Å². The fourth-order valence-electron chi connectivity index (χ4n) is 4.02. The number of aromatic nitrogens is 1. The highest BCUT2D eigenvalue weighted by molar-refractivity contribution is 6.02. The number of halogens is 1. The zero-order chi connectivity index (χ0) is 21.0. The lowest BCUT2D eigenvalue weighted by Crippen LogP contribution is -3.14. The first-order chi connectivity index (χ1) is 13.9. The molecule has 0 bridgehead atoms. The van der Waals surface area contributed by atoms with Crippen LogP contribution in [-0.4, -0.2) is 55.7 Å². The van der Waals surface area contributed by atoms with Crippen LogP contribution >= 0.6 is 0 Å². The van der Waals surface area contributed by atoms with Crippen LogP contribution in [0.1, 0.15) is 44.6 Å². The van der Waals surface area contributed by atoms with Gasteiger partial charge in [-0.1, -0.05) is 12.1 Å². The molecule has 1 aromatic carbocycles. The van der Waals surface area contributed by atoms with Crippen LogP contribution in [0.15, 0.2) is 24.3 Å². The number of amides is 1. The summed E-state index contributed by atoms with van der Waals surface area (Å²) in [6, 6.07) is 6.19. The average Bonchev–Trinajstić information content (AvgIpc) is 2.94. The van der Waals surface area contributed by atoms with E-state index in [0.29, 0.717) is 29.9 Å². The summed E-state index contributed by atoms with van der Waals surface area (Å²) < 4.78 is 20.5. The minimum atomic E-state index is -0.304. The van der Waals surface area contributed by atoms with Gasteiger partial charge in [0.2, 0.25) is 0 Å². The SMILES string of the molecule is CC(=O)c1c(C)c(C(=O)NCC[NH+]2CCOCC2)n(Cc2ccc(F)cc2)c1C. The van der Waals surface area contributed by atoms with Gasteiger partial charge in [-0.2, -0.15) is 0 Å². The number of nitrogens with zero attached hydrogens (tertiary/aromatic N) is 1. The van der Waals surface area contributed by atoms with Gasteiger partial charge in [0.05, 0.1) is 26.3 Å². The standard InChI is InChI=1S/C22H28FN3O3/c1-15-20(17(3)27)16(2)26(14-18-4-6-19(23)7-5-18)21(15)22(28)24-8-9-25-10-12-29-13-11-25/h4-7H,8-14H2,1-3H3,(H,24,28)/p+1. The molecule has 0 saturated carbocycles. The van der Waals surface area contributed by atoms with E-state index in [1.165, 1.54) is 24.0 Å². The molecule has 156 valence electrons. The van der Waals surface area contributed by atoms with Crippen molar-refractivity contribution in [1.82, 2.24) is 9.88 Å². The topological polar surface area (TPSA) is 64.8 Å². The number of quaternary nitrogens is 1. The van der Waals surface area contributed by atoms with Gasteiger partial charge in [0, 0.05) is 17.8 Å². The number of hydrogen-bond acceptors (Lipinski definition) is 3. The smallest absolute Gasteiger partial charge is 0.268 e. The number of ketones is 1. The maximum Gasteiger partial charge on any atom is 0.268 e. The summed E-state index contributed by atoms with van der Waals surface area (Å²) in [6.45, 7) is 10.4. The average molecular weight is 402 g/mol. The van der Waals surface area contributed by atoms with Crippen LogP contribution in [-0.2, 0) is 11.3 Å². The van der Waals surface area contributed by atoms with Gasteiger partial charge in [-0.25, -0.2) is 4.39 Å². The highest BCUT2D eigenvalue weighted by Gasteiger charge is 2.25. The molecule has 0 aliphatic carbocycles. The molecule has 1 aliphatic heterocycles. The normalized spacial score (nSPS) is 14.8. The van der Waals surface area contributed by atoms with E-state index in [0.717, 1.165) is 44.1 Å². The van der Waals surface area contributed by atoms with Gasteiger partial charge >= 0.3 is 0 Å². The Morgan fingerprint density at radius 3 is 2.45 bits per heavy atom. The van der Waals surface area contributed by atoms with Crippen LogP contribution in [0.5, 0.6) is 0 Å². The first-order valence-corrected chi connectivity index (χ1v) is 10.0. The third kappa shape index (κ3) is 4.92. The number of carbonyl (C=O) groups excluding carboxylic acids is 2. The summed E-state index contributed by atoms with van der Waals surface area (Å²) in [5.41, 5.74) is 3.38. The van der Waals surface area contributed by atoms with Crippen molar-refractivity contribution in [2.45, 2.75) is 27.3 Å². The minimum absolute atomic E-state index is 0.0651. The molecule has 1 saturated heterocycles. The van der Waals surface area contributed by atoms with Crippen molar-refractivity contribution in [1.29, 1.82) is 0 Å². The zero-order valence-corrected chi connectivity index (χ0v) is 17.3. The monoisotopic (exact) mass is 402 g/mol. The fourth-order valence-corrected chi connectivity index (χ4v) is 4.02. The predicted octanol–water partition coefficient (Wildman–Crippen LogP) is 1.14. The third-order valence-corrected chi connectivity index (χ3v) is 5.55. The van der Waals surface area contributed by atoms with Crippen LogP contribution in [0.3, 0.4) is 0 Å². The number of nitrogens with one attached hydrogen (secondary N) is 2. The van der Waals surface area contributed by atoms with E-state index in [2.05, 4.69) is 5.32 Å². The molecular formula is C22H29FN3O3+. The lowest BCUT2D eigenvalue weighted by Gasteiger charge is -2.23. The summed E-state index contributed by atoms with van der Waals surface area (Å²) in [5.74, 6) is -0.556. The Kier molecular flexibility index (Phi) is 6.82. The van der Waals surface area contributed by atoms with E-state index in [-0.39, 0.29) is 17.5 Å². The van der Waals surface area contributed by atoms with E-state index in [4.69, 9.17) is 4.74 Å². The number of benzene rings is 1. The van der Waals surface area contributed by atoms with Crippen molar-refractivity contribution in [3.8, 4) is 0 Å². The summed E-state index contributed by atoms with van der Waals surface area (Å²) in [4.78, 5) is 26.6. The number of rotatable bonds is 7. The molecule has 1 aromatic heterocycles. The molecule has 29 heavy (non-hydrogen) atoms. The Morgan fingerprint density at radius 1 is 1.17 bits per heavy atom. The summed E-state index contributed by atoms with van der Waals surface area (Å²) >= 11 is 0. The zero-order valence-electron chi connectivity index (χ0n) is 17.3. The Hall–Kier alpha value is -2.51. The van der Waals surface area contributed by atoms with Crippen LogP contribution in [0.4, 0.5) is 4.39 Å². The largest absolute Gasteiger partial charge is 0.370 e. The lowest BCUT2D eigenvalue weighted by molar-refractivity contribution is -0.906. The van der Waals surface area contributed by atoms with Gasteiger partial charge < -0.3 is 19.5 Å². The minimum Gasteiger partial charge on any atom is -0.370 e. The van der Waals surface area contributed by atoms with Gasteiger partial charge in [-0.05, 0) is 44.0 Å². The van der Waals surface area contributed by atoms with Gasteiger partial charge in [-0.15, -0.1) is 0 Å². The summed E-state index contributed by atoms with van der Waals surface area (Å²) in [6.07, 6.45) is 0. The molecule has 1 aliphatic rings. The van der Waals surface area contributed by atoms with E-state index in [9.17, 15) is 14.0 Å². The van der Waals surface area contributed by atoms with Crippen LogP contribution in [0.2, 0.25) is 0 Å². The van der Waals surface area contributed by atoms with Crippen molar-refractivity contribution in [2.75, 3.05) is 39.4 Å². The van der Waals surface area contributed by atoms with Gasteiger partial charge in [0.1, 0.15) is 24.6 Å². The van der Waals surface area contributed by atoms with E-state index < -0.39 is 0 Å². The molecule has 2 N–H and O–H groups in total. The summed E-state index contributed by atoms with van der Waals surface area (Å²) in [5, 5.41) is 3.01. The Bertz CT molecular complexity index is 884. The van der Waals surface area contributed by atoms with Crippen LogP contribution < -0.4 is 10.2 Å². The van der Waals surface area contributed by atoms with Crippen LogP contribution in [0, 0.1) is 19.7 Å². The first-order valence-electron chi connectivity index (χ1n) is 10.0. The van der Waals surface area contributed by atoms with Crippen molar-refractivity contribution in [3.05, 3.63) is 58.2 Å². The van der Waals surface area contributed by atoms with Gasteiger partial charge in [0.15, 0.2) is 5.78 Å². The molecule has 0 radical (unpaired) electrons. The Morgan fingerprint density at radius 2 is 1.83 bits per heavy atom. The molecule has 0 unspecified atom stereocenters. The highest BCUT2D eigenvalue weighted by atomic mass is 19.1. The molecule has 1 amide bonds. The van der Waals surface area contributed by atoms with Crippen molar-refractivity contribution >= 4 is 11.7 Å². The molecule has 2 aromatic rings. The third-order valence-electron chi connectivity index (χ3n) is 5.55. The fraction of sp³-hybridized carbons (Fsp3) is 0.455. The summed E-state index contributed by atoms with van der Waals surface area (Å²) in [7, 11) is 0. The Labute approximate surface area is 170 Å². The molecular weight excluding hydrogens is 373 g/mol. The van der Waals surface area contributed by atoms with Gasteiger partial charge in [-0.3, -0.25) is 9.59 Å². The maximum atomic E-state index is 13.3. The second-order valence-electron chi connectivity index (χ2n) is 7.57. The molecule has 6 nitrogen and oxygen atoms in total. The van der Waals surface area contributed by atoms with Crippen molar-refractivity contribution < 1.29 is 23.6 Å². The molecule has 1 fully saturated rings. The number of Topliss-reactive ketones (excluding diaryl/α,β-unsaturated/α-hetero) is 1. The Balaban J connectivity index is 1.81. The molecule has 2 heterocycles. The van der Waals surface area contributed by atoms with E-state index in [1.54, 1.807) is 12.1 Å². The molecule has 3 rings (SSSR count). The van der Waals surface area contributed by atoms with Crippen molar-refractivity contribution in [3.63, 3.8) is 0 Å². The molecule has 0 atom stereocenters.